The van der Waals surface area contributed by atoms with E-state index in [0.717, 1.165) is 55.4 Å². The fraction of sp³-hybridized carbons (Fsp3) is 0.652. The lowest BCUT2D eigenvalue weighted by atomic mass is 9.80. The summed E-state index contributed by atoms with van der Waals surface area (Å²) < 4.78 is 5.73. The lowest BCUT2D eigenvalue weighted by molar-refractivity contribution is -0.125. The van der Waals surface area contributed by atoms with Gasteiger partial charge < -0.3 is 4.74 Å². The Bertz CT molecular complexity index is 660. The number of benzene rings is 1. The molecule has 142 valence electrons. The molecule has 0 N–H and O–H groups in total. The van der Waals surface area contributed by atoms with Crippen molar-refractivity contribution in [1.29, 1.82) is 0 Å². The minimum absolute atomic E-state index is 0.0822. The first-order valence-corrected chi connectivity index (χ1v) is 10.2. The van der Waals surface area contributed by atoms with Crippen molar-refractivity contribution in [2.45, 2.75) is 78.2 Å². The van der Waals surface area contributed by atoms with E-state index in [4.69, 9.17) is 4.74 Å². The van der Waals surface area contributed by atoms with Crippen LogP contribution in [0, 0.1) is 32.6 Å². The van der Waals surface area contributed by atoms with E-state index in [9.17, 15) is 9.59 Å². The molecule has 2 aliphatic carbocycles. The lowest BCUT2D eigenvalue weighted by Crippen LogP contribution is -2.24. The highest BCUT2D eigenvalue weighted by Crippen LogP contribution is 2.41. The highest BCUT2D eigenvalue weighted by Gasteiger charge is 2.44. The molecule has 0 heterocycles. The molecule has 0 spiro atoms. The van der Waals surface area contributed by atoms with Crippen LogP contribution in [0.15, 0.2) is 12.1 Å². The number of rotatable bonds is 5. The number of hydrogen-bond acceptors (Lipinski definition) is 3. The maximum Gasteiger partial charge on any atom is 0.151 e. The molecule has 26 heavy (non-hydrogen) atoms. The van der Waals surface area contributed by atoms with Gasteiger partial charge in [-0.25, -0.2) is 0 Å². The Morgan fingerprint density at radius 2 is 1.62 bits per heavy atom. The van der Waals surface area contributed by atoms with E-state index in [1.807, 2.05) is 20.8 Å². The molecule has 2 unspecified atom stereocenters. The number of hydrogen-bond donors (Lipinski definition) is 0. The SMILES string of the molecule is CCOC1CCC(CC2CC(=O)C(c3c(C)cc(C)cc3C)C2=O)CC1. The predicted octanol–water partition coefficient (Wildman–Crippen LogP) is 4.84. The molecule has 0 aromatic heterocycles. The summed E-state index contributed by atoms with van der Waals surface area (Å²) in [4.78, 5) is 25.8. The minimum atomic E-state index is -0.527. The Kier molecular flexibility index (Phi) is 5.96. The number of ether oxygens (including phenoxy) is 1. The van der Waals surface area contributed by atoms with E-state index in [1.54, 1.807) is 0 Å². The molecule has 3 rings (SSSR count). The summed E-state index contributed by atoms with van der Waals surface area (Å²) in [6, 6.07) is 4.18. The summed E-state index contributed by atoms with van der Waals surface area (Å²) in [5.74, 6) is 0.240. The second-order valence-corrected chi connectivity index (χ2v) is 8.35. The molecule has 0 bridgehead atoms. The molecule has 2 aliphatic rings. The number of carbonyl (C=O) groups excluding carboxylic acids is 2. The summed E-state index contributed by atoms with van der Waals surface area (Å²) in [6.45, 7) is 8.94. The van der Waals surface area contributed by atoms with Crippen LogP contribution in [0.4, 0.5) is 0 Å². The first-order valence-electron chi connectivity index (χ1n) is 10.2. The van der Waals surface area contributed by atoms with Crippen molar-refractivity contribution in [3.8, 4) is 0 Å². The Balaban J connectivity index is 1.68. The molecule has 0 aliphatic heterocycles. The third kappa shape index (κ3) is 3.93. The van der Waals surface area contributed by atoms with E-state index < -0.39 is 5.92 Å². The van der Waals surface area contributed by atoms with Gasteiger partial charge in [-0.15, -0.1) is 0 Å². The molecule has 1 aromatic rings. The van der Waals surface area contributed by atoms with E-state index in [1.165, 1.54) is 5.56 Å². The zero-order chi connectivity index (χ0) is 18.8. The van der Waals surface area contributed by atoms with Crippen molar-refractivity contribution in [1.82, 2.24) is 0 Å². The van der Waals surface area contributed by atoms with Crippen molar-refractivity contribution in [3.63, 3.8) is 0 Å². The Labute approximate surface area is 157 Å². The standard InChI is InChI=1S/C23H32O3/c1-5-26-19-8-6-17(7-9-19)12-18-13-20(24)22(23(18)25)21-15(3)10-14(2)11-16(21)4/h10-11,17-19,22H,5-9,12-13H2,1-4H3. The van der Waals surface area contributed by atoms with Gasteiger partial charge in [0.25, 0.3) is 0 Å². The van der Waals surface area contributed by atoms with Gasteiger partial charge in [0.2, 0.25) is 0 Å². The van der Waals surface area contributed by atoms with Gasteiger partial charge in [-0.05, 0) is 82.4 Å². The van der Waals surface area contributed by atoms with Crippen LogP contribution in [-0.2, 0) is 14.3 Å². The monoisotopic (exact) mass is 356 g/mol. The molecule has 0 radical (unpaired) electrons. The predicted molar refractivity (Wildman–Crippen MR) is 104 cm³/mol. The average molecular weight is 357 g/mol. The Hall–Kier alpha value is -1.48. The quantitative estimate of drug-likeness (QED) is 0.709. The van der Waals surface area contributed by atoms with Crippen LogP contribution in [0.3, 0.4) is 0 Å². The fourth-order valence-corrected chi connectivity index (χ4v) is 5.18. The largest absolute Gasteiger partial charge is 0.379 e. The average Bonchev–Trinajstić information content (AvgIpc) is 2.84. The summed E-state index contributed by atoms with van der Waals surface area (Å²) in [5, 5.41) is 0. The van der Waals surface area contributed by atoms with Gasteiger partial charge in [0, 0.05) is 18.9 Å². The Morgan fingerprint density at radius 3 is 2.19 bits per heavy atom. The molecular formula is C23H32O3. The third-order valence-corrected chi connectivity index (χ3v) is 6.30. The smallest absolute Gasteiger partial charge is 0.151 e. The van der Waals surface area contributed by atoms with Crippen LogP contribution in [0.25, 0.3) is 0 Å². The summed E-state index contributed by atoms with van der Waals surface area (Å²) in [5.41, 5.74) is 4.30. The number of Topliss-reactive ketones (excluding diaryl/α,β-unsaturated/α-hetero) is 2. The summed E-state index contributed by atoms with van der Waals surface area (Å²) >= 11 is 0. The molecule has 2 fully saturated rings. The molecule has 0 saturated heterocycles. The summed E-state index contributed by atoms with van der Waals surface area (Å²) in [7, 11) is 0. The van der Waals surface area contributed by atoms with Gasteiger partial charge in [-0.3, -0.25) is 9.59 Å². The number of carbonyl (C=O) groups is 2. The van der Waals surface area contributed by atoms with Crippen molar-refractivity contribution in [2.75, 3.05) is 6.61 Å². The van der Waals surface area contributed by atoms with Gasteiger partial charge >= 0.3 is 0 Å². The molecule has 3 heteroatoms. The molecule has 0 amide bonds. The van der Waals surface area contributed by atoms with Gasteiger partial charge in [-0.1, -0.05) is 17.7 Å². The normalized spacial score (nSPS) is 29.4. The van der Waals surface area contributed by atoms with Crippen molar-refractivity contribution < 1.29 is 14.3 Å². The van der Waals surface area contributed by atoms with Crippen LogP contribution < -0.4 is 0 Å². The minimum Gasteiger partial charge on any atom is -0.379 e. The fourth-order valence-electron chi connectivity index (χ4n) is 5.18. The first-order chi connectivity index (χ1) is 12.4. The lowest BCUT2D eigenvalue weighted by Gasteiger charge is -2.29. The van der Waals surface area contributed by atoms with Crippen LogP contribution >= 0.6 is 0 Å². The maximum absolute atomic E-state index is 13.1. The third-order valence-electron chi connectivity index (χ3n) is 6.30. The maximum atomic E-state index is 13.1. The highest BCUT2D eigenvalue weighted by molar-refractivity contribution is 6.14. The van der Waals surface area contributed by atoms with Gasteiger partial charge in [0.15, 0.2) is 5.78 Å². The zero-order valence-corrected chi connectivity index (χ0v) is 16.6. The molecule has 1 aromatic carbocycles. The molecular weight excluding hydrogens is 324 g/mol. The van der Waals surface area contributed by atoms with Gasteiger partial charge in [-0.2, -0.15) is 0 Å². The van der Waals surface area contributed by atoms with Gasteiger partial charge in [0.1, 0.15) is 11.7 Å². The van der Waals surface area contributed by atoms with Crippen LogP contribution in [-0.4, -0.2) is 24.3 Å². The van der Waals surface area contributed by atoms with E-state index in [-0.39, 0.29) is 17.5 Å². The molecule has 2 atom stereocenters. The second-order valence-electron chi connectivity index (χ2n) is 8.35. The van der Waals surface area contributed by atoms with Gasteiger partial charge in [0.05, 0.1) is 6.10 Å². The van der Waals surface area contributed by atoms with Crippen LogP contribution in [0.5, 0.6) is 0 Å². The van der Waals surface area contributed by atoms with Crippen molar-refractivity contribution >= 4 is 11.6 Å². The molecule has 2 saturated carbocycles. The Morgan fingerprint density at radius 1 is 1.00 bits per heavy atom. The zero-order valence-electron chi connectivity index (χ0n) is 16.6. The highest BCUT2D eigenvalue weighted by atomic mass is 16.5. The van der Waals surface area contributed by atoms with Crippen molar-refractivity contribution in [2.24, 2.45) is 11.8 Å². The topological polar surface area (TPSA) is 43.4 Å². The van der Waals surface area contributed by atoms with Crippen LogP contribution in [0.2, 0.25) is 0 Å². The number of aryl methyl sites for hydroxylation is 3. The summed E-state index contributed by atoms with van der Waals surface area (Å²) in [6.07, 6.45) is 6.12. The van der Waals surface area contributed by atoms with Crippen molar-refractivity contribution in [3.05, 3.63) is 34.4 Å². The van der Waals surface area contributed by atoms with Crippen LogP contribution in [0.1, 0.15) is 73.6 Å². The number of ketones is 2. The molecule has 3 nitrogen and oxygen atoms in total. The van der Waals surface area contributed by atoms with E-state index >= 15 is 0 Å². The second kappa shape index (κ2) is 8.04. The first kappa shape index (κ1) is 19.3. The van der Waals surface area contributed by atoms with E-state index in [0.29, 0.717) is 18.4 Å². The van der Waals surface area contributed by atoms with E-state index in [2.05, 4.69) is 19.1 Å².